The van der Waals surface area contributed by atoms with Crippen LogP contribution in [0.2, 0.25) is 0 Å². The maximum Gasteiger partial charge on any atom is 0.226 e. The van der Waals surface area contributed by atoms with Crippen LogP contribution in [0.1, 0.15) is 22.7 Å². The summed E-state index contributed by atoms with van der Waals surface area (Å²) in [5.74, 6) is 0.0253. The van der Waals surface area contributed by atoms with Crippen molar-refractivity contribution >= 4 is 17.2 Å². The maximum absolute atomic E-state index is 11.8. The van der Waals surface area contributed by atoms with Crippen molar-refractivity contribution in [1.82, 2.24) is 10.3 Å². The van der Waals surface area contributed by atoms with Crippen molar-refractivity contribution in [3.63, 3.8) is 0 Å². The number of benzene rings is 1. The van der Waals surface area contributed by atoms with Crippen molar-refractivity contribution < 1.29 is 9.53 Å². The monoisotopic (exact) mass is 304 g/mol. The molecule has 21 heavy (non-hydrogen) atoms. The second kappa shape index (κ2) is 8.54. The van der Waals surface area contributed by atoms with Gasteiger partial charge in [0.25, 0.3) is 0 Å². The lowest BCUT2D eigenvalue weighted by atomic mass is 10.1. The van der Waals surface area contributed by atoms with E-state index in [0.29, 0.717) is 19.6 Å². The van der Waals surface area contributed by atoms with Crippen LogP contribution in [0, 0.1) is 0 Å². The van der Waals surface area contributed by atoms with Crippen LogP contribution in [0.15, 0.2) is 35.7 Å². The molecule has 0 aliphatic carbocycles. The fraction of sp³-hybridized carbons (Fsp3) is 0.375. The van der Waals surface area contributed by atoms with Crippen molar-refractivity contribution in [1.29, 1.82) is 0 Å². The summed E-state index contributed by atoms with van der Waals surface area (Å²) in [6.45, 7) is 1.20. The Balaban J connectivity index is 1.65. The predicted octanol–water partition coefficient (Wildman–Crippen LogP) is 2.58. The zero-order chi connectivity index (χ0) is 14.9. The molecule has 0 bridgehead atoms. The Bertz CT molecular complexity index is 554. The van der Waals surface area contributed by atoms with Gasteiger partial charge in [-0.3, -0.25) is 4.79 Å². The molecule has 112 valence electrons. The smallest absolute Gasteiger partial charge is 0.226 e. The van der Waals surface area contributed by atoms with Crippen LogP contribution in [0.4, 0.5) is 0 Å². The Morgan fingerprint density at radius 1 is 1.33 bits per heavy atom. The minimum Gasteiger partial charge on any atom is -0.378 e. The number of hydrogen-bond acceptors (Lipinski definition) is 4. The summed E-state index contributed by atoms with van der Waals surface area (Å²) in [7, 11) is 1.64. The molecule has 1 heterocycles. The first kappa shape index (κ1) is 15.7. The normalized spacial score (nSPS) is 10.5. The molecule has 4 nitrogen and oxygen atoms in total. The third-order valence-corrected chi connectivity index (χ3v) is 3.89. The van der Waals surface area contributed by atoms with Crippen LogP contribution in [-0.4, -0.2) is 24.5 Å². The molecule has 0 spiro atoms. The second-order valence-corrected chi connectivity index (χ2v) is 5.72. The minimum atomic E-state index is 0.0253. The zero-order valence-electron chi connectivity index (χ0n) is 12.2. The predicted molar refractivity (Wildman–Crippen MR) is 84.3 cm³/mol. The standard InChI is InChI=1S/C16H20N2O2S/c1-20-11-16-18-14(12-21-16)10-15(19)17-9-5-8-13-6-3-2-4-7-13/h2-4,6-7,12H,5,8-11H2,1H3,(H,17,19). The molecule has 1 aromatic carbocycles. The number of methoxy groups -OCH3 is 1. The lowest BCUT2D eigenvalue weighted by Crippen LogP contribution is -2.26. The summed E-state index contributed by atoms with van der Waals surface area (Å²) in [5, 5.41) is 5.76. The molecule has 0 aliphatic heterocycles. The van der Waals surface area contributed by atoms with Crippen LogP contribution in [0.25, 0.3) is 0 Å². The van der Waals surface area contributed by atoms with Gasteiger partial charge in [0.05, 0.1) is 18.7 Å². The molecule has 0 saturated carbocycles. The molecule has 2 rings (SSSR count). The van der Waals surface area contributed by atoms with E-state index in [9.17, 15) is 4.79 Å². The van der Waals surface area contributed by atoms with Crippen molar-refractivity contribution in [3.8, 4) is 0 Å². The first-order chi connectivity index (χ1) is 10.3. The quantitative estimate of drug-likeness (QED) is 0.763. The summed E-state index contributed by atoms with van der Waals surface area (Å²) in [6, 6.07) is 10.3. The fourth-order valence-electron chi connectivity index (χ4n) is 2.01. The lowest BCUT2D eigenvalue weighted by molar-refractivity contribution is -0.120. The van der Waals surface area contributed by atoms with Gasteiger partial charge in [-0.2, -0.15) is 0 Å². The SMILES string of the molecule is COCc1nc(CC(=O)NCCCc2ccccc2)cs1. The van der Waals surface area contributed by atoms with Crippen LogP contribution in [0.3, 0.4) is 0 Å². The van der Waals surface area contributed by atoms with Gasteiger partial charge in [0.15, 0.2) is 0 Å². The number of carbonyl (C=O) groups excluding carboxylic acids is 1. The average molecular weight is 304 g/mol. The topological polar surface area (TPSA) is 51.2 Å². The number of nitrogens with one attached hydrogen (secondary N) is 1. The highest BCUT2D eigenvalue weighted by Gasteiger charge is 2.07. The molecule has 0 fully saturated rings. The Labute approximate surface area is 129 Å². The van der Waals surface area contributed by atoms with Gasteiger partial charge in [0, 0.05) is 19.0 Å². The second-order valence-electron chi connectivity index (χ2n) is 4.78. The molecule has 0 aliphatic rings. The third kappa shape index (κ3) is 5.65. The number of nitrogens with zero attached hydrogens (tertiary/aromatic N) is 1. The van der Waals surface area contributed by atoms with E-state index in [1.165, 1.54) is 16.9 Å². The number of ether oxygens (including phenoxy) is 1. The van der Waals surface area contributed by atoms with Crippen LogP contribution in [-0.2, 0) is 29.0 Å². The number of amides is 1. The van der Waals surface area contributed by atoms with E-state index in [0.717, 1.165) is 23.5 Å². The number of rotatable bonds is 8. The molecule has 0 atom stereocenters. The largest absolute Gasteiger partial charge is 0.378 e. The van der Waals surface area contributed by atoms with Crippen LogP contribution < -0.4 is 5.32 Å². The van der Waals surface area contributed by atoms with E-state index in [-0.39, 0.29) is 5.91 Å². The van der Waals surface area contributed by atoms with Crippen molar-refractivity contribution in [2.75, 3.05) is 13.7 Å². The molecule has 0 unspecified atom stereocenters. The summed E-state index contributed by atoms with van der Waals surface area (Å²) in [4.78, 5) is 16.2. The number of thiazole rings is 1. The highest BCUT2D eigenvalue weighted by Crippen LogP contribution is 2.11. The summed E-state index contributed by atoms with van der Waals surface area (Å²) in [6.07, 6.45) is 2.27. The highest BCUT2D eigenvalue weighted by atomic mass is 32.1. The van der Waals surface area contributed by atoms with E-state index in [4.69, 9.17) is 4.74 Å². The highest BCUT2D eigenvalue weighted by molar-refractivity contribution is 7.09. The summed E-state index contributed by atoms with van der Waals surface area (Å²) in [5.41, 5.74) is 2.11. The van der Waals surface area contributed by atoms with Gasteiger partial charge in [0.1, 0.15) is 5.01 Å². The number of hydrogen-bond donors (Lipinski definition) is 1. The van der Waals surface area contributed by atoms with Gasteiger partial charge < -0.3 is 10.1 Å². The average Bonchev–Trinajstić information content (AvgIpc) is 2.92. The van der Waals surface area contributed by atoms with Gasteiger partial charge in [-0.1, -0.05) is 30.3 Å². The molecule has 5 heteroatoms. The Kier molecular flexibility index (Phi) is 6.37. The van der Waals surface area contributed by atoms with Crippen LogP contribution >= 0.6 is 11.3 Å². The molecule has 1 amide bonds. The number of aromatic nitrogens is 1. The maximum atomic E-state index is 11.8. The van der Waals surface area contributed by atoms with Crippen molar-refractivity contribution in [2.45, 2.75) is 25.9 Å². The molecule has 2 aromatic rings. The molecule has 0 radical (unpaired) electrons. The van der Waals surface area contributed by atoms with E-state index >= 15 is 0 Å². The van der Waals surface area contributed by atoms with E-state index in [1.807, 2.05) is 23.6 Å². The van der Waals surface area contributed by atoms with Gasteiger partial charge in [0.2, 0.25) is 5.91 Å². The lowest BCUT2D eigenvalue weighted by Gasteiger charge is -2.04. The first-order valence-corrected chi connectivity index (χ1v) is 7.88. The Morgan fingerprint density at radius 3 is 2.90 bits per heavy atom. The Hall–Kier alpha value is -1.72. The zero-order valence-corrected chi connectivity index (χ0v) is 13.0. The first-order valence-electron chi connectivity index (χ1n) is 7.01. The summed E-state index contributed by atoms with van der Waals surface area (Å²) < 4.78 is 5.02. The van der Waals surface area contributed by atoms with E-state index in [2.05, 4.69) is 22.4 Å². The fourth-order valence-corrected chi connectivity index (χ4v) is 2.78. The third-order valence-electron chi connectivity index (χ3n) is 3.02. The Morgan fingerprint density at radius 2 is 2.14 bits per heavy atom. The number of aryl methyl sites for hydroxylation is 1. The molecule has 0 saturated heterocycles. The van der Waals surface area contributed by atoms with E-state index in [1.54, 1.807) is 7.11 Å². The van der Waals surface area contributed by atoms with Crippen molar-refractivity contribution in [3.05, 3.63) is 52.0 Å². The van der Waals surface area contributed by atoms with Gasteiger partial charge in [-0.25, -0.2) is 4.98 Å². The van der Waals surface area contributed by atoms with Crippen LogP contribution in [0.5, 0.6) is 0 Å². The van der Waals surface area contributed by atoms with Gasteiger partial charge in [-0.15, -0.1) is 11.3 Å². The summed E-state index contributed by atoms with van der Waals surface area (Å²) >= 11 is 1.53. The van der Waals surface area contributed by atoms with Crippen molar-refractivity contribution in [2.24, 2.45) is 0 Å². The minimum absolute atomic E-state index is 0.0253. The molecule has 1 aromatic heterocycles. The van der Waals surface area contributed by atoms with E-state index < -0.39 is 0 Å². The number of carbonyl (C=O) groups is 1. The molecule has 1 N–H and O–H groups in total. The van der Waals surface area contributed by atoms with Gasteiger partial charge in [-0.05, 0) is 18.4 Å². The molecular formula is C16H20N2O2S. The van der Waals surface area contributed by atoms with Gasteiger partial charge >= 0.3 is 0 Å². The molecular weight excluding hydrogens is 284 g/mol.